The molecule has 0 atom stereocenters. The van der Waals surface area contributed by atoms with Crippen LogP contribution in [0.1, 0.15) is 0 Å². The van der Waals surface area contributed by atoms with Gasteiger partial charge in [-0.15, -0.1) is 0 Å². The highest BCUT2D eigenvalue weighted by Gasteiger charge is 2.20. The van der Waals surface area contributed by atoms with E-state index in [1.807, 2.05) is 0 Å². The highest BCUT2D eigenvalue weighted by atomic mass is 35.5. The number of halogens is 3. The van der Waals surface area contributed by atoms with E-state index in [9.17, 15) is 4.79 Å². The molecule has 0 aliphatic rings. The predicted octanol–water partition coefficient (Wildman–Crippen LogP) is 5.79. The van der Waals surface area contributed by atoms with Crippen molar-refractivity contribution >= 4 is 46.0 Å². The molecule has 0 N–H and O–H groups in total. The standard InChI is InChI=1S/C21H11Cl3N4O2/c22-12-1-4-14(5-2-12)28-19(16-6-3-13(23)9-17(16)24)26-20-18(21(28)29)25-11-27(20)15-7-8-30-10-15/h1-11H. The number of fused-ring (bicyclic) bond motifs is 1. The Kier molecular flexibility index (Phi) is 4.62. The van der Waals surface area contributed by atoms with Crippen LogP contribution in [0.25, 0.3) is 33.9 Å². The van der Waals surface area contributed by atoms with E-state index in [2.05, 4.69) is 4.98 Å². The van der Waals surface area contributed by atoms with Gasteiger partial charge in [0.25, 0.3) is 5.56 Å². The van der Waals surface area contributed by atoms with Crippen LogP contribution >= 0.6 is 34.8 Å². The van der Waals surface area contributed by atoms with Crippen molar-refractivity contribution in [3.05, 3.63) is 92.8 Å². The summed E-state index contributed by atoms with van der Waals surface area (Å²) >= 11 is 18.6. The van der Waals surface area contributed by atoms with Crippen molar-refractivity contribution in [1.82, 2.24) is 19.1 Å². The number of imidazole rings is 1. The van der Waals surface area contributed by atoms with Crippen molar-refractivity contribution in [2.75, 3.05) is 0 Å². The number of aromatic nitrogens is 4. The Morgan fingerprint density at radius 1 is 0.900 bits per heavy atom. The van der Waals surface area contributed by atoms with Gasteiger partial charge in [-0.3, -0.25) is 13.9 Å². The Morgan fingerprint density at radius 3 is 2.37 bits per heavy atom. The molecule has 0 saturated carbocycles. The topological polar surface area (TPSA) is 65.8 Å². The first kappa shape index (κ1) is 18.9. The SMILES string of the molecule is O=c1c2ncn(-c3ccoc3)c2nc(-c2ccc(Cl)cc2Cl)n1-c1ccc(Cl)cc1. The lowest BCUT2D eigenvalue weighted by Gasteiger charge is -2.14. The fourth-order valence-electron chi connectivity index (χ4n) is 3.22. The summed E-state index contributed by atoms with van der Waals surface area (Å²) in [6.45, 7) is 0. The van der Waals surface area contributed by atoms with Crippen molar-refractivity contribution in [1.29, 1.82) is 0 Å². The molecule has 6 nitrogen and oxygen atoms in total. The molecule has 0 amide bonds. The van der Waals surface area contributed by atoms with Crippen LogP contribution in [0.3, 0.4) is 0 Å². The maximum atomic E-state index is 13.5. The van der Waals surface area contributed by atoms with Gasteiger partial charge in [-0.05, 0) is 42.5 Å². The minimum atomic E-state index is -0.342. The van der Waals surface area contributed by atoms with Crippen LogP contribution in [-0.4, -0.2) is 19.1 Å². The number of benzene rings is 2. The second kappa shape index (κ2) is 7.32. The molecule has 0 spiro atoms. The van der Waals surface area contributed by atoms with Crippen LogP contribution in [-0.2, 0) is 0 Å². The van der Waals surface area contributed by atoms with Crippen molar-refractivity contribution < 1.29 is 4.42 Å². The number of nitrogens with zero attached hydrogens (tertiary/aromatic N) is 4. The lowest BCUT2D eigenvalue weighted by Crippen LogP contribution is -2.22. The number of rotatable bonds is 3. The van der Waals surface area contributed by atoms with E-state index in [1.165, 1.54) is 17.2 Å². The van der Waals surface area contributed by atoms with Gasteiger partial charge in [-0.1, -0.05) is 34.8 Å². The van der Waals surface area contributed by atoms with Gasteiger partial charge in [0.1, 0.15) is 12.6 Å². The van der Waals surface area contributed by atoms with Crippen molar-refractivity contribution in [3.63, 3.8) is 0 Å². The molecule has 148 valence electrons. The summed E-state index contributed by atoms with van der Waals surface area (Å²) in [6, 6.07) is 13.6. The van der Waals surface area contributed by atoms with E-state index < -0.39 is 0 Å². The fraction of sp³-hybridized carbons (Fsp3) is 0. The first-order valence-corrected chi connectivity index (χ1v) is 9.90. The number of furan rings is 1. The van der Waals surface area contributed by atoms with Crippen LogP contribution in [0.4, 0.5) is 0 Å². The summed E-state index contributed by atoms with van der Waals surface area (Å²) < 4.78 is 8.30. The molecular formula is C21H11Cl3N4O2. The van der Waals surface area contributed by atoms with Gasteiger partial charge in [0.15, 0.2) is 17.0 Å². The van der Waals surface area contributed by atoms with E-state index in [0.29, 0.717) is 43.5 Å². The van der Waals surface area contributed by atoms with Gasteiger partial charge in [0.05, 0.1) is 22.7 Å². The molecule has 0 saturated heterocycles. The minimum absolute atomic E-state index is 0.208. The monoisotopic (exact) mass is 456 g/mol. The van der Waals surface area contributed by atoms with Gasteiger partial charge < -0.3 is 4.42 Å². The van der Waals surface area contributed by atoms with Crippen LogP contribution < -0.4 is 5.56 Å². The maximum Gasteiger partial charge on any atom is 0.286 e. The lowest BCUT2D eigenvalue weighted by molar-refractivity contribution is 0.566. The molecule has 3 heterocycles. The van der Waals surface area contributed by atoms with E-state index in [0.717, 1.165) is 0 Å². The Morgan fingerprint density at radius 2 is 1.67 bits per heavy atom. The third kappa shape index (κ3) is 3.10. The van der Waals surface area contributed by atoms with E-state index in [1.54, 1.807) is 59.4 Å². The minimum Gasteiger partial charge on any atom is -0.470 e. The van der Waals surface area contributed by atoms with Crippen LogP contribution in [0, 0.1) is 0 Å². The van der Waals surface area contributed by atoms with Crippen LogP contribution in [0.5, 0.6) is 0 Å². The Labute approximate surface area is 184 Å². The fourth-order valence-corrected chi connectivity index (χ4v) is 3.84. The number of hydrogen-bond acceptors (Lipinski definition) is 4. The zero-order valence-corrected chi connectivity index (χ0v) is 17.4. The molecule has 5 rings (SSSR count). The zero-order chi connectivity index (χ0) is 20.8. The summed E-state index contributed by atoms with van der Waals surface area (Å²) in [6.07, 6.45) is 4.61. The van der Waals surface area contributed by atoms with E-state index in [4.69, 9.17) is 44.2 Å². The van der Waals surface area contributed by atoms with Gasteiger partial charge in [0.2, 0.25) is 0 Å². The van der Waals surface area contributed by atoms with Crippen molar-refractivity contribution in [2.45, 2.75) is 0 Å². The lowest BCUT2D eigenvalue weighted by atomic mass is 10.2. The van der Waals surface area contributed by atoms with Gasteiger partial charge in [0, 0.05) is 21.7 Å². The van der Waals surface area contributed by atoms with Gasteiger partial charge in [-0.25, -0.2) is 9.97 Å². The summed E-state index contributed by atoms with van der Waals surface area (Å²) in [4.78, 5) is 22.6. The first-order valence-electron chi connectivity index (χ1n) is 8.77. The summed E-state index contributed by atoms with van der Waals surface area (Å²) in [5.74, 6) is 0.349. The molecule has 0 fully saturated rings. The molecular weight excluding hydrogens is 447 g/mol. The molecule has 0 aliphatic heterocycles. The second-order valence-corrected chi connectivity index (χ2v) is 7.72. The van der Waals surface area contributed by atoms with Crippen molar-refractivity contribution in [3.8, 4) is 22.8 Å². The molecule has 30 heavy (non-hydrogen) atoms. The van der Waals surface area contributed by atoms with E-state index >= 15 is 0 Å². The van der Waals surface area contributed by atoms with Gasteiger partial charge in [-0.2, -0.15) is 0 Å². The average molecular weight is 458 g/mol. The molecule has 3 aromatic heterocycles. The van der Waals surface area contributed by atoms with E-state index in [-0.39, 0.29) is 11.1 Å². The Hall–Kier alpha value is -3.06. The highest BCUT2D eigenvalue weighted by molar-refractivity contribution is 6.36. The summed E-state index contributed by atoms with van der Waals surface area (Å²) in [5.41, 5.74) is 2.08. The number of hydrogen-bond donors (Lipinski definition) is 0. The normalized spacial score (nSPS) is 11.3. The Bertz CT molecular complexity index is 1440. The second-order valence-electron chi connectivity index (χ2n) is 6.44. The average Bonchev–Trinajstić information content (AvgIpc) is 3.38. The summed E-state index contributed by atoms with van der Waals surface area (Å²) in [5, 5.41) is 1.40. The molecule has 0 bridgehead atoms. The predicted molar refractivity (Wildman–Crippen MR) is 117 cm³/mol. The largest absolute Gasteiger partial charge is 0.470 e. The van der Waals surface area contributed by atoms with Crippen LogP contribution in [0.15, 0.2) is 76.6 Å². The highest BCUT2D eigenvalue weighted by Crippen LogP contribution is 2.31. The Balaban J connectivity index is 1.88. The molecule has 5 aromatic rings. The smallest absolute Gasteiger partial charge is 0.286 e. The molecule has 2 aromatic carbocycles. The third-order valence-electron chi connectivity index (χ3n) is 4.61. The zero-order valence-electron chi connectivity index (χ0n) is 15.1. The molecule has 0 radical (unpaired) electrons. The third-order valence-corrected chi connectivity index (χ3v) is 5.41. The van der Waals surface area contributed by atoms with Gasteiger partial charge >= 0.3 is 0 Å². The first-order chi connectivity index (χ1) is 14.5. The quantitative estimate of drug-likeness (QED) is 0.344. The summed E-state index contributed by atoms with van der Waals surface area (Å²) in [7, 11) is 0. The van der Waals surface area contributed by atoms with Crippen LogP contribution in [0.2, 0.25) is 15.1 Å². The maximum absolute atomic E-state index is 13.5. The molecule has 0 unspecified atom stereocenters. The van der Waals surface area contributed by atoms with Crippen molar-refractivity contribution in [2.24, 2.45) is 0 Å². The molecule has 9 heteroatoms. The molecule has 0 aliphatic carbocycles.